The van der Waals surface area contributed by atoms with Gasteiger partial charge in [0.05, 0.1) is 5.02 Å². The second-order valence-corrected chi connectivity index (χ2v) is 4.44. The predicted molar refractivity (Wildman–Crippen MR) is 55.9 cm³/mol. The van der Waals surface area contributed by atoms with Crippen LogP contribution in [0.2, 0.25) is 5.02 Å². The van der Waals surface area contributed by atoms with E-state index in [9.17, 15) is 4.39 Å². The van der Waals surface area contributed by atoms with E-state index < -0.39 is 5.54 Å². The summed E-state index contributed by atoms with van der Waals surface area (Å²) in [6, 6.07) is 3.13. The minimum Gasteiger partial charge on any atom is -0.321 e. The van der Waals surface area contributed by atoms with E-state index in [4.69, 9.17) is 17.3 Å². The van der Waals surface area contributed by atoms with Crippen LogP contribution in [0.15, 0.2) is 12.1 Å². The first-order chi connectivity index (χ1) is 6.54. The van der Waals surface area contributed by atoms with Gasteiger partial charge < -0.3 is 5.73 Å². The average Bonchev–Trinajstić information content (AvgIpc) is 2.09. The van der Waals surface area contributed by atoms with Gasteiger partial charge in [-0.3, -0.25) is 0 Å². The van der Waals surface area contributed by atoms with Crippen molar-refractivity contribution < 1.29 is 4.39 Å². The van der Waals surface area contributed by atoms with E-state index in [1.54, 1.807) is 6.07 Å². The molecule has 1 aliphatic rings. The van der Waals surface area contributed by atoms with Crippen molar-refractivity contribution in [3.63, 3.8) is 0 Å². The summed E-state index contributed by atoms with van der Waals surface area (Å²) in [6.45, 7) is 1.87. The van der Waals surface area contributed by atoms with Crippen molar-refractivity contribution in [2.75, 3.05) is 0 Å². The van der Waals surface area contributed by atoms with Gasteiger partial charge in [0, 0.05) is 11.1 Å². The van der Waals surface area contributed by atoms with Crippen LogP contribution in [0, 0.1) is 12.7 Å². The molecule has 14 heavy (non-hydrogen) atoms. The Morgan fingerprint density at radius 1 is 1.43 bits per heavy atom. The summed E-state index contributed by atoms with van der Waals surface area (Å²) >= 11 is 6.08. The van der Waals surface area contributed by atoms with Crippen LogP contribution in [0.5, 0.6) is 0 Å². The molecular weight excluding hydrogens is 201 g/mol. The summed E-state index contributed by atoms with van der Waals surface area (Å²) in [7, 11) is 0. The van der Waals surface area contributed by atoms with Gasteiger partial charge in [-0.15, -0.1) is 0 Å². The van der Waals surface area contributed by atoms with Gasteiger partial charge in [0.1, 0.15) is 5.82 Å². The highest BCUT2D eigenvalue weighted by molar-refractivity contribution is 6.32. The van der Waals surface area contributed by atoms with Gasteiger partial charge in [-0.1, -0.05) is 17.7 Å². The minimum atomic E-state index is -0.521. The quantitative estimate of drug-likeness (QED) is 0.762. The molecule has 0 aliphatic heterocycles. The Labute approximate surface area is 88.1 Å². The van der Waals surface area contributed by atoms with Crippen molar-refractivity contribution in [3.05, 3.63) is 34.1 Å². The predicted octanol–water partition coefficient (Wildman–Crippen LogP) is 3.13. The van der Waals surface area contributed by atoms with Crippen LogP contribution in [-0.4, -0.2) is 0 Å². The highest BCUT2D eigenvalue weighted by Crippen LogP contribution is 2.43. The third-order valence-electron chi connectivity index (χ3n) is 3.03. The molecule has 0 bridgehead atoms. The molecule has 2 rings (SSSR count). The molecule has 1 aromatic carbocycles. The first-order valence-electron chi connectivity index (χ1n) is 4.78. The molecule has 1 fully saturated rings. The van der Waals surface area contributed by atoms with Gasteiger partial charge in [0.2, 0.25) is 0 Å². The monoisotopic (exact) mass is 213 g/mol. The Bertz CT molecular complexity index is 372. The lowest BCUT2D eigenvalue weighted by molar-refractivity contribution is 0.245. The van der Waals surface area contributed by atoms with E-state index in [0.29, 0.717) is 10.6 Å². The van der Waals surface area contributed by atoms with Crippen LogP contribution in [-0.2, 0) is 5.54 Å². The maximum atomic E-state index is 13.6. The number of benzene rings is 1. The largest absolute Gasteiger partial charge is 0.321 e. The van der Waals surface area contributed by atoms with E-state index >= 15 is 0 Å². The molecule has 0 amide bonds. The SMILES string of the molecule is Cc1ccc(F)c(C2(N)CCC2)c1Cl. The molecule has 76 valence electrons. The standard InChI is InChI=1S/C11H13ClFN/c1-7-3-4-8(13)9(10(7)12)11(14)5-2-6-11/h3-4H,2,5-6,14H2,1H3. The van der Waals surface area contributed by atoms with E-state index in [-0.39, 0.29) is 5.82 Å². The van der Waals surface area contributed by atoms with Crippen LogP contribution in [0.1, 0.15) is 30.4 Å². The van der Waals surface area contributed by atoms with Crippen LogP contribution >= 0.6 is 11.6 Å². The first kappa shape index (κ1) is 9.94. The van der Waals surface area contributed by atoms with Crippen molar-refractivity contribution in [2.45, 2.75) is 31.7 Å². The molecule has 3 heteroatoms. The molecule has 2 N–H and O–H groups in total. The molecule has 1 aliphatic carbocycles. The Kier molecular flexibility index (Phi) is 2.28. The van der Waals surface area contributed by atoms with Crippen LogP contribution in [0.25, 0.3) is 0 Å². The fraction of sp³-hybridized carbons (Fsp3) is 0.455. The smallest absolute Gasteiger partial charge is 0.129 e. The number of nitrogens with two attached hydrogens (primary N) is 1. The third kappa shape index (κ3) is 1.33. The molecule has 0 saturated heterocycles. The Morgan fingerprint density at radius 3 is 2.57 bits per heavy atom. The fourth-order valence-corrected chi connectivity index (χ4v) is 2.26. The van der Waals surface area contributed by atoms with Crippen molar-refractivity contribution in [1.82, 2.24) is 0 Å². The van der Waals surface area contributed by atoms with E-state index in [2.05, 4.69) is 0 Å². The zero-order chi connectivity index (χ0) is 10.3. The lowest BCUT2D eigenvalue weighted by atomic mass is 9.72. The van der Waals surface area contributed by atoms with Crippen molar-refractivity contribution >= 4 is 11.6 Å². The number of hydrogen-bond acceptors (Lipinski definition) is 1. The summed E-state index contributed by atoms with van der Waals surface area (Å²) in [5, 5.41) is 0.493. The molecular formula is C11H13ClFN. The normalized spacial score (nSPS) is 19.1. The maximum Gasteiger partial charge on any atom is 0.129 e. The molecule has 0 unspecified atom stereocenters. The minimum absolute atomic E-state index is 0.275. The topological polar surface area (TPSA) is 26.0 Å². The van der Waals surface area contributed by atoms with E-state index in [0.717, 1.165) is 24.8 Å². The molecule has 0 radical (unpaired) electrons. The number of halogens is 2. The number of rotatable bonds is 1. The molecule has 0 spiro atoms. The fourth-order valence-electron chi connectivity index (χ4n) is 1.92. The molecule has 0 heterocycles. The summed E-state index contributed by atoms with van der Waals surface area (Å²) in [5.41, 5.74) is 6.94. The Balaban J connectivity index is 2.56. The van der Waals surface area contributed by atoms with Crippen molar-refractivity contribution in [2.24, 2.45) is 5.73 Å². The van der Waals surface area contributed by atoms with Crippen LogP contribution in [0.3, 0.4) is 0 Å². The molecule has 1 aromatic rings. The Morgan fingerprint density at radius 2 is 2.07 bits per heavy atom. The first-order valence-corrected chi connectivity index (χ1v) is 5.16. The van der Waals surface area contributed by atoms with E-state index in [1.165, 1.54) is 6.07 Å². The molecule has 0 atom stereocenters. The molecule has 1 nitrogen and oxygen atoms in total. The summed E-state index contributed by atoms with van der Waals surface area (Å²) in [5.74, 6) is -0.275. The number of hydrogen-bond donors (Lipinski definition) is 1. The lowest BCUT2D eigenvalue weighted by Crippen LogP contribution is -2.44. The lowest BCUT2D eigenvalue weighted by Gasteiger charge is -2.39. The van der Waals surface area contributed by atoms with Gasteiger partial charge in [0.25, 0.3) is 0 Å². The van der Waals surface area contributed by atoms with Crippen LogP contribution < -0.4 is 5.73 Å². The zero-order valence-corrected chi connectivity index (χ0v) is 8.87. The van der Waals surface area contributed by atoms with Gasteiger partial charge in [-0.25, -0.2) is 4.39 Å². The van der Waals surface area contributed by atoms with Crippen molar-refractivity contribution in [1.29, 1.82) is 0 Å². The molecule has 0 aromatic heterocycles. The Hall–Kier alpha value is -0.600. The van der Waals surface area contributed by atoms with E-state index in [1.807, 2.05) is 6.92 Å². The van der Waals surface area contributed by atoms with Gasteiger partial charge in [-0.2, -0.15) is 0 Å². The average molecular weight is 214 g/mol. The highest BCUT2D eigenvalue weighted by Gasteiger charge is 2.38. The summed E-state index contributed by atoms with van der Waals surface area (Å²) in [6.07, 6.45) is 2.71. The van der Waals surface area contributed by atoms with Crippen molar-refractivity contribution in [3.8, 4) is 0 Å². The summed E-state index contributed by atoms with van der Waals surface area (Å²) < 4.78 is 13.6. The maximum absolute atomic E-state index is 13.6. The third-order valence-corrected chi connectivity index (χ3v) is 3.51. The van der Waals surface area contributed by atoms with Gasteiger partial charge >= 0.3 is 0 Å². The second-order valence-electron chi connectivity index (χ2n) is 4.06. The number of aryl methyl sites for hydroxylation is 1. The highest BCUT2D eigenvalue weighted by atomic mass is 35.5. The second kappa shape index (κ2) is 3.21. The zero-order valence-electron chi connectivity index (χ0n) is 8.11. The van der Waals surface area contributed by atoms with Gasteiger partial charge in [-0.05, 0) is 37.8 Å². The van der Waals surface area contributed by atoms with Gasteiger partial charge in [0.15, 0.2) is 0 Å². The molecule has 1 saturated carbocycles. The summed E-state index contributed by atoms with van der Waals surface area (Å²) in [4.78, 5) is 0. The van der Waals surface area contributed by atoms with Crippen LogP contribution in [0.4, 0.5) is 4.39 Å².